The minimum Gasteiger partial charge on any atom is -0.368 e. The lowest BCUT2D eigenvalue weighted by atomic mass is 9.94. The summed E-state index contributed by atoms with van der Waals surface area (Å²) in [6.45, 7) is 3.33. The SMILES string of the molecule is CCCNCC1(OCC(F)F)CCCCCC1. The van der Waals surface area contributed by atoms with Crippen LogP contribution in [0.3, 0.4) is 0 Å². The lowest BCUT2D eigenvalue weighted by Crippen LogP contribution is -2.44. The Morgan fingerprint density at radius 3 is 2.35 bits per heavy atom. The number of nitrogens with one attached hydrogen (secondary N) is 1. The van der Waals surface area contributed by atoms with Gasteiger partial charge in [0.2, 0.25) is 0 Å². The normalized spacial score (nSPS) is 20.5. The van der Waals surface area contributed by atoms with Crippen LogP contribution in [0.5, 0.6) is 0 Å². The molecule has 1 N–H and O–H groups in total. The fourth-order valence-electron chi connectivity index (χ4n) is 2.48. The summed E-state index contributed by atoms with van der Waals surface area (Å²) < 4.78 is 30.2. The van der Waals surface area contributed by atoms with Gasteiger partial charge in [-0.15, -0.1) is 0 Å². The standard InChI is InChI=1S/C13H25F2NO/c1-2-9-16-11-13(17-10-12(14)15)7-5-3-4-6-8-13/h12,16H,2-11H2,1H3. The van der Waals surface area contributed by atoms with Crippen LogP contribution in [0.15, 0.2) is 0 Å². The van der Waals surface area contributed by atoms with Crippen molar-refractivity contribution >= 4 is 0 Å². The van der Waals surface area contributed by atoms with Crippen molar-refractivity contribution in [1.82, 2.24) is 5.32 Å². The number of ether oxygens (including phenoxy) is 1. The van der Waals surface area contributed by atoms with Crippen LogP contribution in [0, 0.1) is 0 Å². The average molecular weight is 249 g/mol. The molecule has 1 aliphatic rings. The van der Waals surface area contributed by atoms with Gasteiger partial charge in [-0.05, 0) is 25.8 Å². The van der Waals surface area contributed by atoms with Crippen LogP contribution < -0.4 is 5.32 Å². The first-order valence-corrected chi connectivity index (χ1v) is 6.81. The second-order valence-corrected chi connectivity index (χ2v) is 4.98. The molecule has 4 heteroatoms. The highest BCUT2D eigenvalue weighted by atomic mass is 19.3. The van der Waals surface area contributed by atoms with Crippen molar-refractivity contribution < 1.29 is 13.5 Å². The summed E-state index contributed by atoms with van der Waals surface area (Å²) in [7, 11) is 0. The van der Waals surface area contributed by atoms with Gasteiger partial charge >= 0.3 is 0 Å². The van der Waals surface area contributed by atoms with Crippen LogP contribution in [-0.2, 0) is 4.74 Å². The Morgan fingerprint density at radius 2 is 1.82 bits per heavy atom. The second kappa shape index (κ2) is 7.98. The van der Waals surface area contributed by atoms with Gasteiger partial charge in [-0.1, -0.05) is 32.6 Å². The van der Waals surface area contributed by atoms with E-state index in [1.807, 2.05) is 0 Å². The second-order valence-electron chi connectivity index (χ2n) is 4.98. The van der Waals surface area contributed by atoms with E-state index in [2.05, 4.69) is 12.2 Å². The molecule has 1 fully saturated rings. The van der Waals surface area contributed by atoms with Crippen LogP contribution >= 0.6 is 0 Å². The van der Waals surface area contributed by atoms with Crippen LogP contribution in [0.2, 0.25) is 0 Å². The Labute approximate surface area is 103 Å². The first-order valence-electron chi connectivity index (χ1n) is 6.81. The summed E-state index contributed by atoms with van der Waals surface area (Å²) >= 11 is 0. The van der Waals surface area contributed by atoms with Crippen molar-refractivity contribution in [2.24, 2.45) is 0 Å². The molecule has 0 spiro atoms. The predicted molar refractivity (Wildman–Crippen MR) is 65.5 cm³/mol. The summed E-state index contributed by atoms with van der Waals surface area (Å²) in [4.78, 5) is 0. The molecule has 0 heterocycles. The van der Waals surface area contributed by atoms with Crippen molar-refractivity contribution in [3.05, 3.63) is 0 Å². The lowest BCUT2D eigenvalue weighted by Gasteiger charge is -2.33. The molecule has 17 heavy (non-hydrogen) atoms. The van der Waals surface area contributed by atoms with E-state index in [4.69, 9.17) is 4.74 Å². The van der Waals surface area contributed by atoms with E-state index >= 15 is 0 Å². The van der Waals surface area contributed by atoms with Gasteiger partial charge in [-0.25, -0.2) is 8.78 Å². The molecule has 0 radical (unpaired) electrons. The number of halogens is 2. The molecule has 0 aromatic carbocycles. The predicted octanol–water partition coefficient (Wildman–Crippen LogP) is 3.36. The summed E-state index contributed by atoms with van der Waals surface area (Å²) in [6, 6.07) is 0. The molecule has 0 atom stereocenters. The third kappa shape index (κ3) is 5.77. The highest BCUT2D eigenvalue weighted by Gasteiger charge is 2.32. The zero-order valence-electron chi connectivity index (χ0n) is 10.8. The van der Waals surface area contributed by atoms with Crippen molar-refractivity contribution in [2.75, 3.05) is 19.7 Å². The molecule has 0 amide bonds. The number of alkyl halides is 2. The maximum atomic E-state index is 12.3. The number of hydrogen-bond donors (Lipinski definition) is 1. The average Bonchev–Trinajstić information content (AvgIpc) is 2.53. The van der Waals surface area contributed by atoms with E-state index in [0.29, 0.717) is 6.54 Å². The number of hydrogen-bond acceptors (Lipinski definition) is 2. The van der Waals surface area contributed by atoms with Crippen molar-refractivity contribution in [1.29, 1.82) is 0 Å². The molecule has 0 aromatic heterocycles. The third-order valence-corrected chi connectivity index (χ3v) is 3.40. The molecular weight excluding hydrogens is 224 g/mol. The van der Waals surface area contributed by atoms with Crippen molar-refractivity contribution in [3.63, 3.8) is 0 Å². The van der Waals surface area contributed by atoms with E-state index in [-0.39, 0.29) is 5.60 Å². The van der Waals surface area contributed by atoms with E-state index in [0.717, 1.165) is 38.6 Å². The summed E-state index contributed by atoms with van der Waals surface area (Å²) in [5, 5.41) is 3.33. The van der Waals surface area contributed by atoms with Gasteiger partial charge < -0.3 is 10.1 Å². The Kier molecular flexibility index (Phi) is 6.97. The lowest BCUT2D eigenvalue weighted by molar-refractivity contribution is -0.0953. The van der Waals surface area contributed by atoms with E-state index in [1.54, 1.807) is 0 Å². The van der Waals surface area contributed by atoms with Crippen LogP contribution in [-0.4, -0.2) is 31.7 Å². The van der Waals surface area contributed by atoms with Crippen molar-refractivity contribution in [3.8, 4) is 0 Å². The van der Waals surface area contributed by atoms with E-state index in [9.17, 15) is 8.78 Å². The molecule has 0 aliphatic heterocycles. The maximum Gasteiger partial charge on any atom is 0.261 e. The van der Waals surface area contributed by atoms with Gasteiger partial charge in [0.15, 0.2) is 0 Å². The van der Waals surface area contributed by atoms with Gasteiger partial charge in [0.25, 0.3) is 6.43 Å². The molecule has 0 saturated heterocycles. The number of rotatable bonds is 7. The fraction of sp³-hybridized carbons (Fsp3) is 1.00. The van der Waals surface area contributed by atoms with Crippen LogP contribution in [0.4, 0.5) is 8.78 Å². The topological polar surface area (TPSA) is 21.3 Å². The molecule has 1 aliphatic carbocycles. The zero-order valence-corrected chi connectivity index (χ0v) is 10.8. The minimum absolute atomic E-state index is 0.345. The molecule has 1 saturated carbocycles. The Bertz CT molecular complexity index is 192. The highest BCUT2D eigenvalue weighted by molar-refractivity contribution is 4.85. The highest BCUT2D eigenvalue weighted by Crippen LogP contribution is 2.30. The maximum absolute atomic E-state index is 12.3. The Balaban J connectivity index is 2.47. The van der Waals surface area contributed by atoms with Gasteiger partial charge in [0.05, 0.1) is 5.60 Å². The van der Waals surface area contributed by atoms with E-state index in [1.165, 1.54) is 12.8 Å². The van der Waals surface area contributed by atoms with Crippen LogP contribution in [0.1, 0.15) is 51.9 Å². The first-order chi connectivity index (χ1) is 8.18. The fourth-order valence-corrected chi connectivity index (χ4v) is 2.48. The smallest absolute Gasteiger partial charge is 0.261 e. The van der Waals surface area contributed by atoms with Gasteiger partial charge in [0.1, 0.15) is 6.61 Å². The Hall–Kier alpha value is -0.220. The zero-order chi connectivity index (χ0) is 12.6. The van der Waals surface area contributed by atoms with Crippen LogP contribution in [0.25, 0.3) is 0 Å². The summed E-state index contributed by atoms with van der Waals surface area (Å²) in [5.74, 6) is 0. The molecule has 2 nitrogen and oxygen atoms in total. The molecule has 1 rings (SSSR count). The molecule has 0 unspecified atom stereocenters. The molecule has 102 valence electrons. The largest absolute Gasteiger partial charge is 0.368 e. The quantitative estimate of drug-likeness (QED) is 0.552. The molecule has 0 bridgehead atoms. The molecule has 0 aromatic rings. The third-order valence-electron chi connectivity index (χ3n) is 3.40. The van der Waals surface area contributed by atoms with Crippen molar-refractivity contribution in [2.45, 2.75) is 63.9 Å². The molecular formula is C13H25F2NO. The van der Waals surface area contributed by atoms with Gasteiger partial charge in [-0.3, -0.25) is 0 Å². The summed E-state index contributed by atoms with van der Waals surface area (Å²) in [6.07, 6.45) is 5.12. The Morgan fingerprint density at radius 1 is 1.18 bits per heavy atom. The first kappa shape index (κ1) is 14.8. The van der Waals surface area contributed by atoms with Gasteiger partial charge in [-0.2, -0.15) is 0 Å². The minimum atomic E-state index is -2.36. The summed E-state index contributed by atoms with van der Waals surface area (Å²) in [5.41, 5.74) is -0.345. The van der Waals surface area contributed by atoms with E-state index < -0.39 is 13.0 Å². The van der Waals surface area contributed by atoms with Gasteiger partial charge in [0, 0.05) is 6.54 Å². The monoisotopic (exact) mass is 249 g/mol.